The molecule has 3 nitrogen and oxygen atoms in total. The van der Waals surface area contributed by atoms with Crippen molar-refractivity contribution in [2.24, 2.45) is 17.8 Å². The Kier molecular flexibility index (Phi) is 5.26. The van der Waals surface area contributed by atoms with Crippen molar-refractivity contribution in [3.8, 4) is 0 Å². The van der Waals surface area contributed by atoms with E-state index in [2.05, 4.69) is 31.0 Å². The standard InChI is InChI=1S/C16H30N2O/c1-12(2)15-7-5-9-18(15)16(19)10-13(3)14-6-4-8-17-11-14/h12-15,17H,4-11H2,1-3H3. The first-order valence-electron chi connectivity index (χ1n) is 8.09. The van der Waals surface area contributed by atoms with Crippen LogP contribution >= 0.6 is 0 Å². The van der Waals surface area contributed by atoms with Gasteiger partial charge in [-0.1, -0.05) is 20.8 Å². The Morgan fingerprint density at radius 2 is 2.05 bits per heavy atom. The summed E-state index contributed by atoms with van der Waals surface area (Å²) in [6.45, 7) is 9.98. The van der Waals surface area contributed by atoms with Crippen LogP contribution in [0.15, 0.2) is 0 Å². The fourth-order valence-electron chi connectivity index (χ4n) is 3.72. The lowest BCUT2D eigenvalue weighted by Crippen LogP contribution is -2.41. The Balaban J connectivity index is 1.85. The number of amides is 1. The second-order valence-corrected chi connectivity index (χ2v) is 6.83. The van der Waals surface area contributed by atoms with E-state index >= 15 is 0 Å². The van der Waals surface area contributed by atoms with E-state index in [9.17, 15) is 4.79 Å². The van der Waals surface area contributed by atoms with E-state index in [1.54, 1.807) is 0 Å². The van der Waals surface area contributed by atoms with Crippen molar-refractivity contribution < 1.29 is 4.79 Å². The van der Waals surface area contributed by atoms with Gasteiger partial charge in [-0.15, -0.1) is 0 Å². The van der Waals surface area contributed by atoms with Crippen LogP contribution in [-0.4, -0.2) is 36.5 Å². The molecule has 3 unspecified atom stereocenters. The molecule has 19 heavy (non-hydrogen) atoms. The van der Waals surface area contributed by atoms with E-state index < -0.39 is 0 Å². The Morgan fingerprint density at radius 1 is 1.26 bits per heavy atom. The van der Waals surface area contributed by atoms with Gasteiger partial charge in [0.05, 0.1) is 0 Å². The van der Waals surface area contributed by atoms with Gasteiger partial charge in [-0.25, -0.2) is 0 Å². The summed E-state index contributed by atoms with van der Waals surface area (Å²) < 4.78 is 0. The lowest BCUT2D eigenvalue weighted by atomic mass is 9.85. The molecule has 0 aromatic carbocycles. The molecule has 2 rings (SSSR count). The van der Waals surface area contributed by atoms with Crippen LogP contribution in [0.5, 0.6) is 0 Å². The highest BCUT2D eigenvalue weighted by molar-refractivity contribution is 5.77. The zero-order valence-electron chi connectivity index (χ0n) is 12.8. The molecule has 3 heteroatoms. The number of nitrogens with one attached hydrogen (secondary N) is 1. The lowest BCUT2D eigenvalue weighted by molar-refractivity contribution is -0.134. The van der Waals surface area contributed by atoms with Gasteiger partial charge in [-0.3, -0.25) is 4.79 Å². The highest BCUT2D eigenvalue weighted by Crippen LogP contribution is 2.28. The molecule has 2 saturated heterocycles. The Hall–Kier alpha value is -0.570. The minimum Gasteiger partial charge on any atom is -0.339 e. The molecule has 110 valence electrons. The highest BCUT2D eigenvalue weighted by atomic mass is 16.2. The number of hydrogen-bond acceptors (Lipinski definition) is 2. The summed E-state index contributed by atoms with van der Waals surface area (Å²) in [7, 11) is 0. The van der Waals surface area contributed by atoms with Crippen molar-refractivity contribution in [1.82, 2.24) is 10.2 Å². The molecule has 1 amide bonds. The first kappa shape index (κ1) is 14.8. The zero-order chi connectivity index (χ0) is 13.8. The number of carbonyl (C=O) groups is 1. The monoisotopic (exact) mass is 266 g/mol. The highest BCUT2D eigenvalue weighted by Gasteiger charge is 2.32. The predicted molar refractivity (Wildman–Crippen MR) is 78.9 cm³/mol. The molecule has 3 atom stereocenters. The minimum absolute atomic E-state index is 0.397. The molecule has 0 aromatic rings. The second-order valence-electron chi connectivity index (χ2n) is 6.83. The lowest BCUT2D eigenvalue weighted by Gasteiger charge is -2.32. The number of piperidine rings is 1. The zero-order valence-corrected chi connectivity index (χ0v) is 12.8. The minimum atomic E-state index is 0.397. The van der Waals surface area contributed by atoms with E-state index in [1.165, 1.54) is 25.7 Å². The van der Waals surface area contributed by atoms with Gasteiger partial charge >= 0.3 is 0 Å². The van der Waals surface area contributed by atoms with Crippen LogP contribution in [0, 0.1) is 17.8 Å². The molecule has 0 bridgehead atoms. The van der Waals surface area contributed by atoms with Crippen molar-refractivity contribution in [3.05, 3.63) is 0 Å². The van der Waals surface area contributed by atoms with Gasteiger partial charge in [-0.05, 0) is 56.5 Å². The van der Waals surface area contributed by atoms with Gasteiger partial charge in [0.15, 0.2) is 0 Å². The van der Waals surface area contributed by atoms with E-state index in [-0.39, 0.29) is 0 Å². The summed E-state index contributed by atoms with van der Waals surface area (Å²) >= 11 is 0. The number of nitrogens with zero attached hydrogens (tertiary/aromatic N) is 1. The van der Waals surface area contributed by atoms with Crippen molar-refractivity contribution in [2.75, 3.05) is 19.6 Å². The van der Waals surface area contributed by atoms with Crippen LogP contribution in [0.4, 0.5) is 0 Å². The first-order chi connectivity index (χ1) is 9.09. The molecule has 0 radical (unpaired) electrons. The summed E-state index contributed by atoms with van der Waals surface area (Å²) in [4.78, 5) is 14.7. The van der Waals surface area contributed by atoms with E-state index in [0.717, 1.165) is 26.1 Å². The SMILES string of the molecule is CC(C)C1CCCN1C(=O)CC(C)C1CCCNC1. The van der Waals surface area contributed by atoms with E-state index in [1.807, 2.05) is 0 Å². The van der Waals surface area contributed by atoms with E-state index in [0.29, 0.717) is 29.7 Å². The molecule has 2 fully saturated rings. The summed E-state index contributed by atoms with van der Waals surface area (Å²) in [5, 5.41) is 3.46. The van der Waals surface area contributed by atoms with Gasteiger partial charge < -0.3 is 10.2 Å². The maximum atomic E-state index is 12.5. The molecule has 2 heterocycles. The van der Waals surface area contributed by atoms with Crippen LogP contribution in [0.2, 0.25) is 0 Å². The maximum absolute atomic E-state index is 12.5. The van der Waals surface area contributed by atoms with E-state index in [4.69, 9.17) is 0 Å². The maximum Gasteiger partial charge on any atom is 0.223 e. The molecule has 0 aromatic heterocycles. The Morgan fingerprint density at radius 3 is 2.68 bits per heavy atom. The fraction of sp³-hybridized carbons (Fsp3) is 0.938. The van der Waals surface area contributed by atoms with Crippen LogP contribution in [0.25, 0.3) is 0 Å². The molecule has 2 aliphatic heterocycles. The summed E-state index contributed by atoms with van der Waals surface area (Å²) in [6, 6.07) is 0.490. The third-order valence-electron chi connectivity index (χ3n) is 5.03. The number of rotatable bonds is 4. The second kappa shape index (κ2) is 6.74. The van der Waals surface area contributed by atoms with Gasteiger partial charge in [-0.2, -0.15) is 0 Å². The molecular formula is C16H30N2O. The van der Waals surface area contributed by atoms with Crippen LogP contribution in [-0.2, 0) is 4.79 Å². The van der Waals surface area contributed by atoms with Crippen molar-refractivity contribution in [2.45, 2.75) is 58.9 Å². The topological polar surface area (TPSA) is 32.3 Å². The molecular weight excluding hydrogens is 236 g/mol. The fourth-order valence-corrected chi connectivity index (χ4v) is 3.72. The van der Waals surface area contributed by atoms with Crippen LogP contribution in [0.1, 0.15) is 52.9 Å². The number of likely N-dealkylation sites (tertiary alicyclic amines) is 1. The largest absolute Gasteiger partial charge is 0.339 e. The average molecular weight is 266 g/mol. The summed E-state index contributed by atoms with van der Waals surface area (Å²) in [6.07, 6.45) is 5.68. The molecule has 0 aliphatic carbocycles. The molecule has 0 spiro atoms. The molecule has 0 saturated carbocycles. The normalized spacial score (nSPS) is 29.8. The van der Waals surface area contributed by atoms with Gasteiger partial charge in [0.25, 0.3) is 0 Å². The van der Waals surface area contributed by atoms with Crippen molar-refractivity contribution >= 4 is 5.91 Å². The number of carbonyl (C=O) groups excluding carboxylic acids is 1. The van der Waals surface area contributed by atoms with Gasteiger partial charge in [0, 0.05) is 19.0 Å². The first-order valence-corrected chi connectivity index (χ1v) is 8.09. The summed E-state index contributed by atoms with van der Waals surface area (Å²) in [5.74, 6) is 2.21. The van der Waals surface area contributed by atoms with Gasteiger partial charge in [0.2, 0.25) is 5.91 Å². The third-order valence-corrected chi connectivity index (χ3v) is 5.03. The van der Waals surface area contributed by atoms with Gasteiger partial charge in [0.1, 0.15) is 0 Å². The summed E-state index contributed by atoms with van der Waals surface area (Å²) in [5.41, 5.74) is 0. The molecule has 1 N–H and O–H groups in total. The Bertz CT molecular complexity index is 297. The quantitative estimate of drug-likeness (QED) is 0.848. The Labute approximate surface area is 118 Å². The predicted octanol–water partition coefficient (Wildman–Crippen LogP) is 2.66. The average Bonchev–Trinajstić information content (AvgIpc) is 2.89. The van der Waals surface area contributed by atoms with Crippen LogP contribution in [0.3, 0.4) is 0 Å². The van der Waals surface area contributed by atoms with Crippen molar-refractivity contribution in [1.29, 1.82) is 0 Å². The smallest absolute Gasteiger partial charge is 0.223 e. The third kappa shape index (κ3) is 3.71. The molecule has 2 aliphatic rings. The van der Waals surface area contributed by atoms with Crippen LogP contribution < -0.4 is 5.32 Å². The number of hydrogen-bond donors (Lipinski definition) is 1. The van der Waals surface area contributed by atoms with Crippen molar-refractivity contribution in [3.63, 3.8) is 0 Å².